The number of carbonyl (C=O) groups is 2. The molecule has 0 bridgehead atoms. The van der Waals surface area contributed by atoms with Gasteiger partial charge in [-0.15, -0.1) is 12.4 Å². The van der Waals surface area contributed by atoms with E-state index in [0.29, 0.717) is 26.1 Å². The summed E-state index contributed by atoms with van der Waals surface area (Å²) in [4.78, 5) is 26.5. The van der Waals surface area contributed by atoms with Crippen molar-refractivity contribution in [3.8, 4) is 0 Å². The van der Waals surface area contributed by atoms with Gasteiger partial charge in [0.05, 0.1) is 5.92 Å². The zero-order valence-corrected chi connectivity index (χ0v) is 19.0. The van der Waals surface area contributed by atoms with Crippen molar-refractivity contribution >= 4 is 24.2 Å². The summed E-state index contributed by atoms with van der Waals surface area (Å²) in [6.07, 6.45) is 5.21. The van der Waals surface area contributed by atoms with Gasteiger partial charge in [-0.3, -0.25) is 9.59 Å². The van der Waals surface area contributed by atoms with E-state index in [2.05, 4.69) is 50.4 Å². The molecule has 1 aliphatic heterocycles. The van der Waals surface area contributed by atoms with Crippen LogP contribution < -0.4 is 11.1 Å². The smallest absolute Gasteiger partial charge is 0.224 e. The van der Waals surface area contributed by atoms with Crippen LogP contribution in [0.3, 0.4) is 0 Å². The Morgan fingerprint density at radius 3 is 2.48 bits per heavy atom. The highest BCUT2D eigenvalue weighted by atomic mass is 35.5. The first-order valence-electron chi connectivity index (χ1n) is 10.7. The van der Waals surface area contributed by atoms with Crippen molar-refractivity contribution < 1.29 is 9.59 Å². The maximum Gasteiger partial charge on any atom is 0.224 e. The van der Waals surface area contributed by atoms with Crippen molar-refractivity contribution in [1.29, 1.82) is 0 Å². The zero-order chi connectivity index (χ0) is 20.6. The number of nitrogens with one attached hydrogen (secondary N) is 1. The third kappa shape index (κ3) is 8.35. The minimum Gasteiger partial charge on any atom is -0.355 e. The maximum absolute atomic E-state index is 12.5. The molecule has 1 aromatic carbocycles. The summed E-state index contributed by atoms with van der Waals surface area (Å²) in [6, 6.07) is 8.84. The van der Waals surface area contributed by atoms with Crippen LogP contribution in [0.4, 0.5) is 0 Å². The fraction of sp³-hybridized carbons (Fsp3) is 0.652. The highest BCUT2D eigenvalue weighted by Crippen LogP contribution is 2.23. The van der Waals surface area contributed by atoms with E-state index in [4.69, 9.17) is 5.73 Å². The van der Waals surface area contributed by atoms with Crippen molar-refractivity contribution in [2.24, 2.45) is 11.7 Å². The fourth-order valence-electron chi connectivity index (χ4n) is 3.69. The summed E-state index contributed by atoms with van der Waals surface area (Å²) in [7, 11) is 0. The molecule has 2 rings (SSSR count). The van der Waals surface area contributed by atoms with Crippen LogP contribution in [0.2, 0.25) is 0 Å². The second-order valence-electron chi connectivity index (χ2n) is 8.91. The molecule has 1 aromatic rings. The molecule has 0 spiro atoms. The average Bonchev–Trinajstić information content (AvgIpc) is 2.69. The van der Waals surface area contributed by atoms with Crippen LogP contribution in [-0.2, 0) is 21.4 Å². The van der Waals surface area contributed by atoms with E-state index in [9.17, 15) is 9.59 Å². The van der Waals surface area contributed by atoms with Crippen molar-refractivity contribution in [1.82, 2.24) is 10.2 Å². The molecule has 1 fully saturated rings. The van der Waals surface area contributed by atoms with Gasteiger partial charge in [0.1, 0.15) is 0 Å². The predicted octanol–water partition coefficient (Wildman–Crippen LogP) is 3.43. The number of hydrogen-bond acceptors (Lipinski definition) is 3. The Morgan fingerprint density at radius 1 is 1.17 bits per heavy atom. The minimum absolute atomic E-state index is 0. The van der Waals surface area contributed by atoms with Crippen molar-refractivity contribution in [2.45, 2.75) is 64.7 Å². The lowest BCUT2D eigenvalue weighted by molar-refractivity contribution is -0.135. The predicted molar refractivity (Wildman–Crippen MR) is 121 cm³/mol. The average molecular weight is 424 g/mol. The largest absolute Gasteiger partial charge is 0.355 e. The number of halogens is 1. The molecule has 0 saturated carbocycles. The van der Waals surface area contributed by atoms with Crippen LogP contribution in [0.25, 0.3) is 0 Å². The third-order valence-corrected chi connectivity index (χ3v) is 5.51. The first kappa shape index (κ1) is 25.4. The normalized spacial score (nSPS) is 16.8. The Morgan fingerprint density at radius 2 is 1.86 bits per heavy atom. The standard InChI is InChI=1S/C23H37N3O2.ClH/c1-23(2,3)20-12-10-18(11-13-20)7-4-5-9-21(27)26-16-6-8-19(17-26)22(28)25-15-14-24;/h10-13,19H,4-9,14-17,24H2,1-3H3,(H,25,28);1H. The lowest BCUT2D eigenvalue weighted by Gasteiger charge is -2.32. The van der Waals surface area contributed by atoms with Crippen molar-refractivity contribution in [3.05, 3.63) is 35.4 Å². The van der Waals surface area contributed by atoms with Gasteiger partial charge in [-0.25, -0.2) is 0 Å². The van der Waals surface area contributed by atoms with Gasteiger partial charge in [-0.05, 0) is 48.6 Å². The Bertz CT molecular complexity index is 641. The monoisotopic (exact) mass is 423 g/mol. The van der Waals surface area contributed by atoms with E-state index in [-0.39, 0.29) is 35.6 Å². The first-order chi connectivity index (χ1) is 13.3. The second-order valence-corrected chi connectivity index (χ2v) is 8.91. The maximum atomic E-state index is 12.5. The molecule has 1 aliphatic rings. The number of amides is 2. The van der Waals surface area contributed by atoms with E-state index >= 15 is 0 Å². The van der Waals surface area contributed by atoms with Crippen LogP contribution in [0.15, 0.2) is 24.3 Å². The van der Waals surface area contributed by atoms with Crippen molar-refractivity contribution in [2.75, 3.05) is 26.2 Å². The summed E-state index contributed by atoms with van der Waals surface area (Å²) in [5, 5.41) is 2.84. The SMILES string of the molecule is CC(C)(C)c1ccc(CCCCC(=O)N2CCCC(C(=O)NCCN)C2)cc1.Cl. The summed E-state index contributed by atoms with van der Waals surface area (Å²) < 4.78 is 0. The number of aryl methyl sites for hydroxylation is 1. The van der Waals surface area contributed by atoms with Crippen molar-refractivity contribution in [3.63, 3.8) is 0 Å². The van der Waals surface area contributed by atoms with Gasteiger partial charge >= 0.3 is 0 Å². The molecule has 0 aliphatic carbocycles. The molecule has 1 heterocycles. The first-order valence-corrected chi connectivity index (χ1v) is 10.7. The van der Waals surface area contributed by atoms with Gasteiger partial charge in [-0.1, -0.05) is 45.0 Å². The molecule has 1 unspecified atom stereocenters. The van der Waals surface area contributed by atoms with E-state index in [0.717, 1.165) is 38.6 Å². The molecular weight excluding hydrogens is 386 g/mol. The second kappa shape index (κ2) is 12.2. The van der Waals surface area contributed by atoms with Crippen LogP contribution in [0.5, 0.6) is 0 Å². The molecule has 3 N–H and O–H groups in total. The molecule has 1 atom stereocenters. The molecule has 5 nitrogen and oxygen atoms in total. The summed E-state index contributed by atoms with van der Waals surface area (Å²) in [5.41, 5.74) is 8.30. The highest BCUT2D eigenvalue weighted by Gasteiger charge is 2.27. The third-order valence-electron chi connectivity index (χ3n) is 5.51. The number of nitrogens with two attached hydrogens (primary N) is 1. The Kier molecular flexibility index (Phi) is 10.7. The van der Waals surface area contributed by atoms with Gasteiger partial charge in [0.15, 0.2) is 0 Å². The molecule has 1 saturated heterocycles. The number of rotatable bonds is 8. The molecule has 29 heavy (non-hydrogen) atoms. The van der Waals surface area contributed by atoms with Crippen LogP contribution in [0.1, 0.15) is 64.0 Å². The quantitative estimate of drug-likeness (QED) is 0.629. The van der Waals surface area contributed by atoms with E-state index < -0.39 is 0 Å². The van der Waals surface area contributed by atoms with E-state index in [1.807, 2.05) is 4.90 Å². The fourth-order valence-corrected chi connectivity index (χ4v) is 3.69. The zero-order valence-electron chi connectivity index (χ0n) is 18.2. The van der Waals surface area contributed by atoms with Crippen LogP contribution >= 0.6 is 12.4 Å². The van der Waals surface area contributed by atoms with Crippen LogP contribution in [-0.4, -0.2) is 42.9 Å². The Labute approximate surface area is 182 Å². The number of piperidine rings is 1. The van der Waals surface area contributed by atoms with Crippen LogP contribution in [0, 0.1) is 5.92 Å². The summed E-state index contributed by atoms with van der Waals surface area (Å²) >= 11 is 0. The Balaban J connectivity index is 0.00000420. The van der Waals surface area contributed by atoms with Gasteiger partial charge in [0.2, 0.25) is 11.8 Å². The molecule has 2 amide bonds. The summed E-state index contributed by atoms with van der Waals surface area (Å²) in [6.45, 7) is 8.93. The number of carbonyl (C=O) groups excluding carboxylic acids is 2. The molecule has 6 heteroatoms. The number of benzene rings is 1. The molecule has 0 radical (unpaired) electrons. The number of likely N-dealkylation sites (tertiary alicyclic amines) is 1. The highest BCUT2D eigenvalue weighted by molar-refractivity contribution is 5.85. The van der Waals surface area contributed by atoms with Gasteiger partial charge in [-0.2, -0.15) is 0 Å². The van der Waals surface area contributed by atoms with E-state index in [1.54, 1.807) is 0 Å². The molecule has 0 aromatic heterocycles. The van der Waals surface area contributed by atoms with Gasteiger partial charge in [0, 0.05) is 32.6 Å². The number of unbranched alkanes of at least 4 members (excludes halogenated alkanes) is 1. The lowest BCUT2D eigenvalue weighted by atomic mass is 9.86. The van der Waals surface area contributed by atoms with E-state index in [1.165, 1.54) is 11.1 Å². The number of nitrogens with zero attached hydrogens (tertiary/aromatic N) is 1. The molecule has 164 valence electrons. The minimum atomic E-state index is -0.0921. The Hall–Kier alpha value is -1.59. The van der Waals surface area contributed by atoms with Gasteiger partial charge < -0.3 is 16.0 Å². The van der Waals surface area contributed by atoms with Gasteiger partial charge in [0.25, 0.3) is 0 Å². The number of hydrogen-bond donors (Lipinski definition) is 2. The summed E-state index contributed by atoms with van der Waals surface area (Å²) in [5.74, 6) is 0.117. The lowest BCUT2D eigenvalue weighted by Crippen LogP contribution is -2.46. The topological polar surface area (TPSA) is 75.4 Å². The molecular formula is C23H38ClN3O2.